The van der Waals surface area contributed by atoms with Gasteiger partial charge in [0.1, 0.15) is 5.75 Å². The minimum atomic E-state index is -2.82. The minimum absolute atomic E-state index is 0.193. The van der Waals surface area contributed by atoms with Crippen LogP contribution in [0.3, 0.4) is 0 Å². The van der Waals surface area contributed by atoms with Crippen LogP contribution in [-0.2, 0) is 20.0 Å². The Morgan fingerprint density at radius 2 is 2.19 bits per heavy atom. The van der Waals surface area contributed by atoms with E-state index in [1.165, 1.54) is 6.07 Å². The SMILES string of the molecule is Cn1ccc(CCNCc2cc(Br)ccc2OC(F)F)n1. The maximum atomic E-state index is 12.3. The van der Waals surface area contributed by atoms with Crippen molar-refractivity contribution in [3.63, 3.8) is 0 Å². The second-order valence-electron chi connectivity index (χ2n) is 4.54. The summed E-state index contributed by atoms with van der Waals surface area (Å²) in [6, 6.07) is 6.93. The molecule has 0 saturated carbocycles. The molecule has 0 aliphatic heterocycles. The number of rotatable bonds is 7. The molecule has 2 aromatic rings. The number of aryl methyl sites for hydroxylation is 1. The highest BCUT2D eigenvalue weighted by molar-refractivity contribution is 9.10. The van der Waals surface area contributed by atoms with Crippen LogP contribution >= 0.6 is 15.9 Å². The number of benzene rings is 1. The largest absolute Gasteiger partial charge is 0.434 e. The fraction of sp³-hybridized carbons (Fsp3) is 0.357. The van der Waals surface area contributed by atoms with Crippen molar-refractivity contribution in [1.29, 1.82) is 0 Å². The van der Waals surface area contributed by atoms with Crippen LogP contribution in [-0.4, -0.2) is 22.9 Å². The summed E-state index contributed by atoms with van der Waals surface area (Å²) in [6.45, 7) is -1.66. The summed E-state index contributed by atoms with van der Waals surface area (Å²) in [5.41, 5.74) is 1.67. The van der Waals surface area contributed by atoms with Crippen LogP contribution in [0.2, 0.25) is 0 Å². The van der Waals surface area contributed by atoms with Gasteiger partial charge in [0.05, 0.1) is 5.69 Å². The van der Waals surface area contributed by atoms with Crippen molar-refractivity contribution < 1.29 is 13.5 Å². The smallest absolute Gasteiger partial charge is 0.387 e. The van der Waals surface area contributed by atoms with E-state index in [2.05, 4.69) is 31.1 Å². The van der Waals surface area contributed by atoms with Crippen molar-refractivity contribution in [2.24, 2.45) is 7.05 Å². The highest BCUT2D eigenvalue weighted by Gasteiger charge is 2.10. The van der Waals surface area contributed by atoms with Crippen molar-refractivity contribution in [3.8, 4) is 5.75 Å². The minimum Gasteiger partial charge on any atom is -0.434 e. The van der Waals surface area contributed by atoms with Gasteiger partial charge in [0.2, 0.25) is 0 Å². The Bertz CT molecular complexity index is 589. The molecular formula is C14H16BrF2N3O. The third-order valence-electron chi connectivity index (χ3n) is 2.88. The lowest BCUT2D eigenvalue weighted by atomic mass is 10.2. The van der Waals surface area contributed by atoms with Crippen molar-refractivity contribution in [2.45, 2.75) is 19.6 Å². The Kier molecular flexibility index (Phi) is 5.69. The van der Waals surface area contributed by atoms with Gasteiger partial charge in [-0.05, 0) is 24.3 Å². The molecule has 114 valence electrons. The number of nitrogens with zero attached hydrogens (tertiary/aromatic N) is 2. The van der Waals surface area contributed by atoms with Gasteiger partial charge in [-0.25, -0.2) is 0 Å². The van der Waals surface area contributed by atoms with E-state index < -0.39 is 6.61 Å². The second-order valence-corrected chi connectivity index (χ2v) is 5.45. The lowest BCUT2D eigenvalue weighted by Gasteiger charge is -2.12. The van der Waals surface area contributed by atoms with Crippen LogP contribution in [0.25, 0.3) is 0 Å². The van der Waals surface area contributed by atoms with Gasteiger partial charge in [-0.3, -0.25) is 4.68 Å². The molecule has 0 saturated heterocycles. The lowest BCUT2D eigenvalue weighted by Crippen LogP contribution is -2.18. The van der Waals surface area contributed by atoms with Crippen LogP contribution in [0.1, 0.15) is 11.3 Å². The maximum absolute atomic E-state index is 12.3. The van der Waals surface area contributed by atoms with E-state index in [9.17, 15) is 8.78 Å². The molecule has 0 bridgehead atoms. The van der Waals surface area contributed by atoms with Crippen molar-refractivity contribution in [3.05, 3.63) is 46.2 Å². The number of hydrogen-bond donors (Lipinski definition) is 1. The molecule has 0 aliphatic carbocycles. The lowest BCUT2D eigenvalue weighted by molar-refractivity contribution is -0.0505. The van der Waals surface area contributed by atoms with Crippen LogP contribution < -0.4 is 10.1 Å². The Balaban J connectivity index is 1.88. The van der Waals surface area contributed by atoms with Gasteiger partial charge in [-0.2, -0.15) is 13.9 Å². The summed E-state index contributed by atoms with van der Waals surface area (Å²) >= 11 is 3.33. The molecule has 0 amide bonds. The first-order valence-electron chi connectivity index (χ1n) is 6.47. The Hall–Kier alpha value is -1.47. The van der Waals surface area contributed by atoms with Gasteiger partial charge in [0.15, 0.2) is 0 Å². The van der Waals surface area contributed by atoms with Crippen LogP contribution in [0, 0.1) is 0 Å². The number of halogens is 3. The highest BCUT2D eigenvalue weighted by atomic mass is 79.9. The number of alkyl halides is 2. The molecule has 4 nitrogen and oxygen atoms in total. The van der Waals surface area contributed by atoms with Gasteiger partial charge in [-0.1, -0.05) is 15.9 Å². The number of nitrogens with one attached hydrogen (secondary N) is 1. The van der Waals surface area contributed by atoms with Crippen molar-refractivity contribution in [1.82, 2.24) is 15.1 Å². The summed E-state index contributed by atoms with van der Waals surface area (Å²) in [5.74, 6) is 0.193. The predicted octanol–water partition coefficient (Wildman–Crippen LogP) is 3.12. The van der Waals surface area contributed by atoms with Crippen LogP contribution in [0.4, 0.5) is 8.78 Å². The first-order chi connectivity index (χ1) is 10.0. The quantitative estimate of drug-likeness (QED) is 0.772. The Morgan fingerprint density at radius 1 is 1.38 bits per heavy atom. The normalized spacial score (nSPS) is 11.1. The Morgan fingerprint density at radius 3 is 2.86 bits per heavy atom. The zero-order chi connectivity index (χ0) is 15.2. The highest BCUT2D eigenvalue weighted by Crippen LogP contribution is 2.24. The van der Waals surface area contributed by atoms with Crippen molar-refractivity contribution in [2.75, 3.05) is 6.54 Å². The first kappa shape index (κ1) is 15.9. The van der Waals surface area contributed by atoms with E-state index >= 15 is 0 Å². The molecule has 0 fully saturated rings. The van der Waals surface area contributed by atoms with Gasteiger partial charge in [-0.15, -0.1) is 0 Å². The molecule has 2 rings (SSSR count). The molecule has 0 radical (unpaired) electrons. The fourth-order valence-electron chi connectivity index (χ4n) is 1.93. The van der Waals surface area contributed by atoms with E-state index in [-0.39, 0.29) is 5.75 Å². The van der Waals surface area contributed by atoms with Crippen LogP contribution in [0.5, 0.6) is 5.75 Å². The molecular weight excluding hydrogens is 344 g/mol. The van der Waals surface area contributed by atoms with Gasteiger partial charge < -0.3 is 10.1 Å². The molecule has 0 atom stereocenters. The van der Waals surface area contributed by atoms with E-state index in [1.807, 2.05) is 19.3 Å². The monoisotopic (exact) mass is 359 g/mol. The molecule has 0 aliphatic rings. The van der Waals surface area contributed by atoms with Gasteiger partial charge >= 0.3 is 6.61 Å². The molecule has 21 heavy (non-hydrogen) atoms. The van der Waals surface area contributed by atoms with Gasteiger partial charge in [0, 0.05) is 42.8 Å². The van der Waals surface area contributed by atoms with E-state index in [0.29, 0.717) is 18.7 Å². The maximum Gasteiger partial charge on any atom is 0.387 e. The van der Waals surface area contributed by atoms with E-state index in [0.717, 1.165) is 16.6 Å². The van der Waals surface area contributed by atoms with E-state index in [4.69, 9.17) is 0 Å². The predicted molar refractivity (Wildman–Crippen MR) is 79.4 cm³/mol. The number of aromatic nitrogens is 2. The number of ether oxygens (including phenoxy) is 1. The first-order valence-corrected chi connectivity index (χ1v) is 7.26. The average molecular weight is 360 g/mol. The number of hydrogen-bond acceptors (Lipinski definition) is 3. The third kappa shape index (κ3) is 5.09. The standard InChI is InChI=1S/C14H16BrF2N3O/c1-20-7-5-12(19-20)4-6-18-9-10-8-11(15)2-3-13(10)21-14(16)17/h2-3,5,7-8,14,18H,4,6,9H2,1H3. The summed E-state index contributed by atoms with van der Waals surface area (Å²) in [6.07, 6.45) is 2.66. The molecule has 7 heteroatoms. The third-order valence-corrected chi connectivity index (χ3v) is 3.37. The molecule has 0 unspecified atom stereocenters. The molecule has 1 aromatic heterocycles. The van der Waals surface area contributed by atoms with Gasteiger partial charge in [0.25, 0.3) is 0 Å². The topological polar surface area (TPSA) is 39.1 Å². The van der Waals surface area contributed by atoms with Crippen molar-refractivity contribution >= 4 is 15.9 Å². The average Bonchev–Trinajstić information content (AvgIpc) is 2.83. The summed E-state index contributed by atoms with van der Waals surface area (Å²) in [7, 11) is 1.87. The zero-order valence-corrected chi connectivity index (χ0v) is 13.1. The zero-order valence-electron chi connectivity index (χ0n) is 11.5. The fourth-order valence-corrected chi connectivity index (χ4v) is 2.34. The molecule has 0 spiro atoms. The summed E-state index contributed by atoms with van der Waals surface area (Å²) in [4.78, 5) is 0. The summed E-state index contributed by atoms with van der Waals surface area (Å²) in [5, 5.41) is 7.48. The summed E-state index contributed by atoms with van der Waals surface area (Å²) < 4.78 is 31.8. The van der Waals surface area contributed by atoms with Crippen LogP contribution in [0.15, 0.2) is 34.9 Å². The van der Waals surface area contributed by atoms with E-state index in [1.54, 1.807) is 16.8 Å². The molecule has 1 aromatic carbocycles. The molecule has 1 N–H and O–H groups in total. The Labute approximate surface area is 130 Å². The second kappa shape index (κ2) is 7.51. The molecule has 1 heterocycles.